The lowest BCUT2D eigenvalue weighted by Crippen LogP contribution is -2.10. The number of anilines is 3. The highest BCUT2D eigenvalue weighted by molar-refractivity contribution is 6.35. The van der Waals surface area contributed by atoms with Crippen molar-refractivity contribution >= 4 is 40.8 Å². The van der Waals surface area contributed by atoms with Gasteiger partial charge in [-0.2, -0.15) is 9.97 Å². The zero-order valence-corrected chi connectivity index (χ0v) is 11.7. The predicted molar refractivity (Wildman–Crippen MR) is 79.4 cm³/mol. The van der Waals surface area contributed by atoms with E-state index in [1.807, 2.05) is 13.0 Å². The normalized spacial score (nSPS) is 12.2. The summed E-state index contributed by atoms with van der Waals surface area (Å²) in [6.07, 6.45) is 0. The van der Waals surface area contributed by atoms with Crippen LogP contribution in [-0.2, 0) is 0 Å². The Labute approximate surface area is 120 Å². The van der Waals surface area contributed by atoms with Crippen molar-refractivity contribution in [2.24, 2.45) is 0 Å². The van der Waals surface area contributed by atoms with Crippen LogP contribution < -0.4 is 16.8 Å². The Morgan fingerprint density at radius 1 is 1.16 bits per heavy atom. The van der Waals surface area contributed by atoms with Gasteiger partial charge in [0.2, 0.25) is 5.95 Å². The molecule has 0 amide bonds. The first kappa shape index (κ1) is 13.7. The number of rotatable bonds is 3. The van der Waals surface area contributed by atoms with Crippen molar-refractivity contribution in [2.75, 3.05) is 16.8 Å². The third-order valence-corrected chi connectivity index (χ3v) is 3.12. The highest BCUT2D eigenvalue weighted by Gasteiger charge is 2.11. The lowest BCUT2D eigenvalue weighted by Gasteiger charge is -2.16. The van der Waals surface area contributed by atoms with Crippen molar-refractivity contribution in [1.82, 2.24) is 9.97 Å². The maximum Gasteiger partial charge on any atom is 0.223 e. The van der Waals surface area contributed by atoms with Crippen molar-refractivity contribution < 1.29 is 0 Å². The maximum atomic E-state index is 6.15. The zero-order valence-electron chi connectivity index (χ0n) is 10.2. The maximum absolute atomic E-state index is 6.15. The van der Waals surface area contributed by atoms with E-state index < -0.39 is 0 Å². The molecule has 2 aromatic rings. The molecule has 5 nitrogen and oxygen atoms in total. The van der Waals surface area contributed by atoms with Gasteiger partial charge in [0.05, 0.1) is 6.04 Å². The Kier molecular flexibility index (Phi) is 3.97. The van der Waals surface area contributed by atoms with Crippen LogP contribution in [0, 0.1) is 0 Å². The fraction of sp³-hybridized carbons (Fsp3) is 0.167. The smallest absolute Gasteiger partial charge is 0.223 e. The lowest BCUT2D eigenvalue weighted by atomic mass is 10.1. The molecule has 0 aliphatic rings. The van der Waals surface area contributed by atoms with E-state index in [9.17, 15) is 0 Å². The average Bonchev–Trinajstić information content (AvgIpc) is 2.26. The molecule has 0 aliphatic carbocycles. The minimum Gasteiger partial charge on any atom is -0.383 e. The average molecular weight is 298 g/mol. The third-order valence-electron chi connectivity index (χ3n) is 2.56. The monoisotopic (exact) mass is 297 g/mol. The second-order valence-electron chi connectivity index (χ2n) is 4.07. The van der Waals surface area contributed by atoms with Gasteiger partial charge < -0.3 is 16.8 Å². The van der Waals surface area contributed by atoms with Crippen molar-refractivity contribution in [3.63, 3.8) is 0 Å². The molecule has 1 atom stereocenters. The Hall–Kier alpha value is -1.72. The number of halogens is 2. The van der Waals surface area contributed by atoms with Crippen molar-refractivity contribution in [3.05, 3.63) is 39.9 Å². The molecule has 0 bridgehead atoms. The van der Waals surface area contributed by atoms with Gasteiger partial charge in [0, 0.05) is 16.1 Å². The van der Waals surface area contributed by atoms with Gasteiger partial charge in [-0.3, -0.25) is 0 Å². The topological polar surface area (TPSA) is 89.8 Å². The van der Waals surface area contributed by atoms with E-state index in [2.05, 4.69) is 15.3 Å². The van der Waals surface area contributed by atoms with E-state index in [0.29, 0.717) is 21.7 Å². The van der Waals surface area contributed by atoms with Crippen molar-refractivity contribution in [2.45, 2.75) is 13.0 Å². The van der Waals surface area contributed by atoms with E-state index in [0.717, 1.165) is 5.56 Å². The molecule has 19 heavy (non-hydrogen) atoms. The van der Waals surface area contributed by atoms with Gasteiger partial charge in [-0.25, -0.2) is 0 Å². The van der Waals surface area contributed by atoms with Crippen LogP contribution in [0.25, 0.3) is 0 Å². The highest BCUT2D eigenvalue weighted by atomic mass is 35.5. The summed E-state index contributed by atoms with van der Waals surface area (Å²) >= 11 is 12.0. The molecule has 0 radical (unpaired) electrons. The Bertz CT molecular complexity index is 582. The summed E-state index contributed by atoms with van der Waals surface area (Å²) in [5.41, 5.74) is 12.1. The molecular weight excluding hydrogens is 285 g/mol. The van der Waals surface area contributed by atoms with Gasteiger partial charge >= 0.3 is 0 Å². The fourth-order valence-corrected chi connectivity index (χ4v) is 2.28. The number of nitrogen functional groups attached to an aromatic ring is 2. The van der Waals surface area contributed by atoms with E-state index in [1.54, 1.807) is 18.2 Å². The second-order valence-corrected chi connectivity index (χ2v) is 4.91. The van der Waals surface area contributed by atoms with E-state index in [-0.39, 0.29) is 12.0 Å². The van der Waals surface area contributed by atoms with Gasteiger partial charge in [-0.05, 0) is 24.6 Å². The first-order valence-electron chi connectivity index (χ1n) is 5.57. The molecule has 1 aromatic carbocycles. The molecule has 0 spiro atoms. The highest BCUT2D eigenvalue weighted by Crippen LogP contribution is 2.28. The third kappa shape index (κ3) is 3.39. The van der Waals surface area contributed by atoms with E-state index in [4.69, 9.17) is 34.7 Å². The summed E-state index contributed by atoms with van der Waals surface area (Å²) in [7, 11) is 0. The molecule has 7 heteroatoms. The van der Waals surface area contributed by atoms with Crippen molar-refractivity contribution in [3.8, 4) is 0 Å². The summed E-state index contributed by atoms with van der Waals surface area (Å²) in [5, 5.41) is 4.34. The first-order chi connectivity index (χ1) is 8.95. The van der Waals surface area contributed by atoms with Gasteiger partial charge in [0.15, 0.2) is 0 Å². The number of benzene rings is 1. The molecular formula is C12H13Cl2N5. The molecule has 0 fully saturated rings. The van der Waals surface area contributed by atoms with Crippen LogP contribution in [0.1, 0.15) is 18.5 Å². The number of nitrogens with two attached hydrogens (primary N) is 2. The molecule has 5 N–H and O–H groups in total. The largest absolute Gasteiger partial charge is 0.383 e. The SMILES string of the molecule is CC(Nc1cc(N)nc(N)n1)c1ccc(Cl)cc1Cl. The quantitative estimate of drug-likeness (QED) is 0.810. The Morgan fingerprint density at radius 2 is 1.89 bits per heavy atom. The summed E-state index contributed by atoms with van der Waals surface area (Å²) in [6, 6.07) is 6.87. The molecule has 1 heterocycles. The van der Waals surface area contributed by atoms with Gasteiger partial charge in [0.1, 0.15) is 11.6 Å². The molecule has 1 unspecified atom stereocenters. The Morgan fingerprint density at radius 3 is 2.53 bits per heavy atom. The molecule has 1 aromatic heterocycles. The van der Waals surface area contributed by atoms with E-state index >= 15 is 0 Å². The van der Waals surface area contributed by atoms with E-state index in [1.165, 1.54) is 0 Å². The molecule has 100 valence electrons. The van der Waals surface area contributed by atoms with Crippen LogP contribution in [0.3, 0.4) is 0 Å². The van der Waals surface area contributed by atoms with Crippen LogP contribution >= 0.6 is 23.2 Å². The van der Waals surface area contributed by atoms with Crippen LogP contribution in [-0.4, -0.2) is 9.97 Å². The molecule has 0 aliphatic heterocycles. The van der Waals surface area contributed by atoms with Crippen LogP contribution in [0.5, 0.6) is 0 Å². The summed E-state index contributed by atoms with van der Waals surface area (Å²) in [6.45, 7) is 1.95. The summed E-state index contributed by atoms with van der Waals surface area (Å²) in [4.78, 5) is 7.86. The van der Waals surface area contributed by atoms with Gasteiger partial charge in [-0.15, -0.1) is 0 Å². The number of nitrogens with one attached hydrogen (secondary N) is 1. The molecule has 0 saturated heterocycles. The second kappa shape index (κ2) is 5.50. The minimum atomic E-state index is -0.0709. The van der Waals surface area contributed by atoms with Crippen LogP contribution in [0.2, 0.25) is 10.0 Å². The van der Waals surface area contributed by atoms with Crippen molar-refractivity contribution in [1.29, 1.82) is 0 Å². The predicted octanol–water partition coefficient (Wildman–Crippen LogP) is 3.12. The standard InChI is InChI=1S/C12H13Cl2N5/c1-6(8-3-2-7(13)4-9(8)14)17-11-5-10(15)18-12(16)19-11/h2-6H,1H3,(H5,15,16,17,18,19). The molecule has 2 rings (SSSR count). The van der Waals surface area contributed by atoms with Crippen LogP contribution in [0.15, 0.2) is 24.3 Å². The van der Waals surface area contributed by atoms with Gasteiger partial charge in [-0.1, -0.05) is 29.3 Å². The minimum absolute atomic E-state index is 0.0709. The number of aromatic nitrogens is 2. The Balaban J connectivity index is 2.22. The zero-order chi connectivity index (χ0) is 14.0. The lowest BCUT2D eigenvalue weighted by molar-refractivity contribution is 0.874. The summed E-state index contributed by atoms with van der Waals surface area (Å²) < 4.78 is 0. The number of nitrogens with zero attached hydrogens (tertiary/aromatic N) is 2. The fourth-order valence-electron chi connectivity index (χ4n) is 1.71. The van der Waals surface area contributed by atoms with Gasteiger partial charge in [0.25, 0.3) is 0 Å². The summed E-state index contributed by atoms with van der Waals surface area (Å²) in [5.74, 6) is 0.977. The number of hydrogen-bond donors (Lipinski definition) is 3. The first-order valence-corrected chi connectivity index (χ1v) is 6.33. The van der Waals surface area contributed by atoms with Crippen LogP contribution in [0.4, 0.5) is 17.6 Å². The number of hydrogen-bond acceptors (Lipinski definition) is 5. The molecule has 0 saturated carbocycles.